The first-order valence-corrected chi connectivity index (χ1v) is 10.7. The molecular formula is C8H20OSi2. The first-order valence-electron chi connectivity index (χ1n) is 4.51. The molecule has 1 rings (SSSR count). The van der Waals surface area contributed by atoms with Crippen molar-refractivity contribution in [3.63, 3.8) is 0 Å². The normalized spacial score (nSPS) is 30.3. The number of hydrogen-bond acceptors (Lipinski definition) is 1. The summed E-state index contributed by atoms with van der Waals surface area (Å²) < 4.78 is 6.21. The lowest BCUT2D eigenvalue weighted by Crippen LogP contribution is -2.50. The molecule has 0 spiro atoms. The molecule has 0 N–H and O–H groups in total. The molecule has 0 aromatic rings. The van der Waals surface area contributed by atoms with E-state index in [9.17, 15) is 0 Å². The zero-order valence-electron chi connectivity index (χ0n) is 8.40. The zero-order chi connectivity index (χ0) is 8.70. The first-order chi connectivity index (χ1) is 4.81. The van der Waals surface area contributed by atoms with Crippen molar-refractivity contribution >= 4 is 16.6 Å². The summed E-state index contributed by atoms with van der Waals surface area (Å²) in [5.74, 6) is 0.923. The quantitative estimate of drug-likeness (QED) is 0.531. The van der Waals surface area contributed by atoms with E-state index in [1.54, 1.807) is 0 Å². The summed E-state index contributed by atoms with van der Waals surface area (Å²) in [4.78, 5) is 0. The van der Waals surface area contributed by atoms with Gasteiger partial charge in [-0.2, -0.15) is 0 Å². The second-order valence-corrected chi connectivity index (χ2v) is 13.8. The van der Waals surface area contributed by atoms with Crippen LogP contribution in [0.5, 0.6) is 0 Å². The predicted octanol–water partition coefficient (Wildman–Crippen LogP) is 3.06. The van der Waals surface area contributed by atoms with Crippen LogP contribution in [0.4, 0.5) is 0 Å². The van der Waals surface area contributed by atoms with Crippen LogP contribution in [-0.4, -0.2) is 16.6 Å². The van der Waals surface area contributed by atoms with Gasteiger partial charge in [0.25, 0.3) is 0 Å². The maximum absolute atomic E-state index is 6.21. The van der Waals surface area contributed by atoms with E-state index in [4.69, 9.17) is 4.12 Å². The molecule has 0 bridgehead atoms. The van der Waals surface area contributed by atoms with Gasteiger partial charge in [0.1, 0.15) is 0 Å². The fourth-order valence-corrected chi connectivity index (χ4v) is 13.2. The smallest absolute Gasteiger partial charge is 0.173 e. The van der Waals surface area contributed by atoms with Crippen LogP contribution < -0.4 is 0 Å². The standard InChI is InChI=1S/C8H20OSi2/c1-8-6-10(2,3)9-11(4,5)7-8/h8H,6-7H2,1-5H3. The minimum atomic E-state index is -1.23. The third-order valence-corrected chi connectivity index (χ3v) is 10.0. The van der Waals surface area contributed by atoms with E-state index in [0.29, 0.717) is 0 Å². The molecule has 1 saturated heterocycles. The van der Waals surface area contributed by atoms with Gasteiger partial charge in [-0.15, -0.1) is 0 Å². The molecule has 11 heavy (non-hydrogen) atoms. The Morgan fingerprint density at radius 2 is 1.36 bits per heavy atom. The molecule has 0 aromatic carbocycles. The highest BCUT2D eigenvalue weighted by Gasteiger charge is 2.40. The van der Waals surface area contributed by atoms with E-state index in [0.717, 1.165) is 5.92 Å². The molecule has 0 unspecified atom stereocenters. The minimum absolute atomic E-state index is 0.923. The van der Waals surface area contributed by atoms with Crippen LogP contribution in [0.3, 0.4) is 0 Å². The average Bonchev–Trinajstić information content (AvgIpc) is 1.49. The van der Waals surface area contributed by atoms with E-state index < -0.39 is 16.6 Å². The fraction of sp³-hybridized carbons (Fsp3) is 1.00. The second-order valence-electron chi connectivity index (χ2n) is 5.13. The van der Waals surface area contributed by atoms with E-state index >= 15 is 0 Å². The molecular weight excluding hydrogens is 168 g/mol. The average molecular weight is 188 g/mol. The Labute approximate surface area is 72.4 Å². The van der Waals surface area contributed by atoms with Crippen LogP contribution in [0.2, 0.25) is 38.3 Å². The van der Waals surface area contributed by atoms with Gasteiger partial charge in [0, 0.05) is 0 Å². The van der Waals surface area contributed by atoms with Crippen molar-refractivity contribution in [1.82, 2.24) is 0 Å². The van der Waals surface area contributed by atoms with Crippen molar-refractivity contribution in [3.05, 3.63) is 0 Å². The molecule has 0 radical (unpaired) electrons. The summed E-state index contributed by atoms with van der Waals surface area (Å²) >= 11 is 0. The summed E-state index contributed by atoms with van der Waals surface area (Å²) in [6.45, 7) is 11.8. The summed E-state index contributed by atoms with van der Waals surface area (Å²) in [5, 5.41) is 0. The summed E-state index contributed by atoms with van der Waals surface area (Å²) in [6, 6.07) is 2.73. The maximum atomic E-state index is 6.21. The van der Waals surface area contributed by atoms with Crippen LogP contribution in [0.1, 0.15) is 6.92 Å². The summed E-state index contributed by atoms with van der Waals surface area (Å²) in [5.41, 5.74) is 0. The largest absolute Gasteiger partial charge is 0.455 e. The Hall–Kier alpha value is 0.394. The van der Waals surface area contributed by atoms with Gasteiger partial charge >= 0.3 is 0 Å². The van der Waals surface area contributed by atoms with Gasteiger partial charge in [-0.25, -0.2) is 0 Å². The molecule has 1 aliphatic heterocycles. The lowest BCUT2D eigenvalue weighted by atomic mass is 10.3. The monoisotopic (exact) mass is 188 g/mol. The van der Waals surface area contributed by atoms with Gasteiger partial charge in [-0.05, 0) is 44.2 Å². The van der Waals surface area contributed by atoms with Gasteiger partial charge in [0.2, 0.25) is 0 Å². The SMILES string of the molecule is CC1C[Si](C)(C)O[Si](C)(C)C1. The Morgan fingerprint density at radius 1 is 1.00 bits per heavy atom. The van der Waals surface area contributed by atoms with Crippen LogP contribution in [-0.2, 0) is 4.12 Å². The molecule has 1 fully saturated rings. The van der Waals surface area contributed by atoms with Gasteiger partial charge < -0.3 is 4.12 Å². The molecule has 1 aliphatic rings. The van der Waals surface area contributed by atoms with Gasteiger partial charge in [-0.1, -0.05) is 6.92 Å². The van der Waals surface area contributed by atoms with Crippen LogP contribution in [0, 0.1) is 5.92 Å². The van der Waals surface area contributed by atoms with Crippen molar-refractivity contribution in [3.8, 4) is 0 Å². The van der Waals surface area contributed by atoms with Crippen LogP contribution in [0.15, 0.2) is 0 Å². The zero-order valence-corrected chi connectivity index (χ0v) is 10.4. The fourth-order valence-electron chi connectivity index (χ4n) is 2.58. The molecule has 0 amide bonds. The lowest BCUT2D eigenvalue weighted by Gasteiger charge is -2.42. The van der Waals surface area contributed by atoms with Gasteiger partial charge in [0.15, 0.2) is 16.6 Å². The third-order valence-electron chi connectivity index (χ3n) is 2.23. The summed E-state index contributed by atoms with van der Waals surface area (Å²) in [6.07, 6.45) is 0. The van der Waals surface area contributed by atoms with E-state index in [1.165, 1.54) is 12.1 Å². The molecule has 3 heteroatoms. The highest BCUT2D eigenvalue weighted by molar-refractivity contribution is 6.86. The minimum Gasteiger partial charge on any atom is -0.455 e. The van der Waals surface area contributed by atoms with Crippen molar-refractivity contribution in [2.45, 2.75) is 45.2 Å². The van der Waals surface area contributed by atoms with Gasteiger partial charge in [-0.3, -0.25) is 0 Å². The van der Waals surface area contributed by atoms with E-state index in [-0.39, 0.29) is 0 Å². The predicted molar refractivity (Wildman–Crippen MR) is 54.8 cm³/mol. The maximum Gasteiger partial charge on any atom is 0.173 e. The highest BCUT2D eigenvalue weighted by atomic mass is 28.4. The Morgan fingerprint density at radius 3 is 1.64 bits per heavy atom. The van der Waals surface area contributed by atoms with Crippen LogP contribution in [0.25, 0.3) is 0 Å². The molecule has 0 saturated carbocycles. The lowest BCUT2D eigenvalue weighted by molar-refractivity contribution is 0.469. The van der Waals surface area contributed by atoms with Crippen LogP contribution >= 0.6 is 0 Å². The first kappa shape index (κ1) is 9.48. The topological polar surface area (TPSA) is 9.23 Å². The van der Waals surface area contributed by atoms with E-state index in [1.807, 2.05) is 0 Å². The molecule has 1 heterocycles. The summed E-state index contributed by atoms with van der Waals surface area (Å²) in [7, 11) is -2.45. The van der Waals surface area contributed by atoms with E-state index in [2.05, 4.69) is 33.1 Å². The van der Waals surface area contributed by atoms with Crippen molar-refractivity contribution in [2.24, 2.45) is 5.92 Å². The van der Waals surface area contributed by atoms with Crippen molar-refractivity contribution in [2.75, 3.05) is 0 Å². The molecule has 0 atom stereocenters. The van der Waals surface area contributed by atoms with Crippen molar-refractivity contribution in [1.29, 1.82) is 0 Å². The van der Waals surface area contributed by atoms with Crippen molar-refractivity contribution < 1.29 is 4.12 Å². The second kappa shape index (κ2) is 2.71. The molecule has 66 valence electrons. The van der Waals surface area contributed by atoms with Gasteiger partial charge in [0.05, 0.1) is 0 Å². The Bertz CT molecular complexity index is 138. The number of rotatable bonds is 0. The number of hydrogen-bond donors (Lipinski definition) is 0. The Balaban J connectivity index is 2.66. The molecule has 0 aliphatic carbocycles. The third kappa shape index (κ3) is 2.72. The Kier molecular flexibility index (Phi) is 2.34. The highest BCUT2D eigenvalue weighted by Crippen LogP contribution is 2.34. The molecule has 1 nitrogen and oxygen atoms in total. The molecule has 0 aromatic heterocycles.